The molecule has 0 aliphatic carbocycles. The van der Waals surface area contributed by atoms with E-state index >= 15 is 0 Å². The van der Waals surface area contributed by atoms with E-state index in [1.54, 1.807) is 24.3 Å². The van der Waals surface area contributed by atoms with Crippen LogP contribution in [0, 0.1) is 12.7 Å². The number of nitrogens with zero attached hydrogens (tertiary/aromatic N) is 4. The summed E-state index contributed by atoms with van der Waals surface area (Å²) in [4.78, 5) is 18.3. The van der Waals surface area contributed by atoms with Crippen molar-refractivity contribution < 1.29 is 17.6 Å². The van der Waals surface area contributed by atoms with E-state index < -0.39 is 22.1 Å². The maximum absolute atomic E-state index is 15.0. The van der Waals surface area contributed by atoms with E-state index in [0.717, 1.165) is 5.69 Å². The van der Waals surface area contributed by atoms with E-state index in [1.807, 2.05) is 11.8 Å². The second-order valence-electron chi connectivity index (χ2n) is 7.51. The Kier molecular flexibility index (Phi) is 7.21. The van der Waals surface area contributed by atoms with Crippen molar-refractivity contribution in [2.24, 2.45) is 0 Å². The van der Waals surface area contributed by atoms with Gasteiger partial charge < -0.3 is 10.6 Å². The first-order valence-corrected chi connectivity index (χ1v) is 11.2. The number of anilines is 2. The second kappa shape index (κ2) is 9.69. The lowest BCUT2D eigenvalue weighted by molar-refractivity contribution is 0.175. The van der Waals surface area contributed by atoms with Crippen molar-refractivity contribution in [3.05, 3.63) is 53.6 Å². The van der Waals surface area contributed by atoms with Crippen LogP contribution in [-0.4, -0.2) is 73.2 Å². The largest absolute Gasteiger partial charge is 0.323 e. The number of nitrogens with one attached hydrogen (secondary N) is 2. The average Bonchev–Trinajstić information content (AvgIpc) is 2.73. The van der Waals surface area contributed by atoms with Gasteiger partial charge in [-0.2, -0.15) is 17.0 Å². The van der Waals surface area contributed by atoms with Crippen LogP contribution >= 0.6 is 0 Å². The van der Waals surface area contributed by atoms with Gasteiger partial charge in [0.15, 0.2) is 5.82 Å². The van der Waals surface area contributed by atoms with Crippen LogP contribution in [0.3, 0.4) is 0 Å². The Morgan fingerprint density at radius 1 is 1.13 bits per heavy atom. The maximum Gasteiger partial charge on any atom is 0.323 e. The fourth-order valence-electron chi connectivity index (χ4n) is 3.22. The topological polar surface area (TPSA) is 97.9 Å². The third kappa shape index (κ3) is 5.76. The summed E-state index contributed by atoms with van der Waals surface area (Å²) in [5.41, 5.74) is 1.83. The Morgan fingerprint density at radius 2 is 1.84 bits per heavy atom. The molecule has 2 aromatic rings. The molecule has 3 rings (SSSR count). The molecule has 1 aromatic heterocycles. The smallest absolute Gasteiger partial charge is 0.306 e. The van der Waals surface area contributed by atoms with Gasteiger partial charge in [-0.15, -0.1) is 0 Å². The molecule has 1 aliphatic rings. The zero-order chi connectivity index (χ0) is 22.6. The van der Waals surface area contributed by atoms with Gasteiger partial charge in [0.1, 0.15) is 0 Å². The van der Waals surface area contributed by atoms with E-state index in [0.29, 0.717) is 44.0 Å². The van der Waals surface area contributed by atoms with Crippen molar-refractivity contribution in [2.75, 3.05) is 50.9 Å². The van der Waals surface area contributed by atoms with Gasteiger partial charge in [-0.3, -0.25) is 9.88 Å². The van der Waals surface area contributed by atoms with E-state index in [4.69, 9.17) is 0 Å². The summed E-state index contributed by atoms with van der Waals surface area (Å²) in [6, 6.07) is 7.74. The number of rotatable bonds is 6. The van der Waals surface area contributed by atoms with Crippen molar-refractivity contribution in [3.63, 3.8) is 0 Å². The van der Waals surface area contributed by atoms with Crippen molar-refractivity contribution in [2.45, 2.75) is 13.5 Å². The summed E-state index contributed by atoms with van der Waals surface area (Å²) >= 11 is 0. The SMILES string of the molecule is Cc1ccc(NC(=O)Nc2cccc(CN3CCN(S(=O)(=O)N(C)C)CC3)c2F)cn1. The van der Waals surface area contributed by atoms with Gasteiger partial charge in [0.25, 0.3) is 10.2 Å². The normalized spacial score (nSPS) is 15.8. The quantitative estimate of drug-likeness (QED) is 0.702. The molecule has 0 spiro atoms. The van der Waals surface area contributed by atoms with Crippen molar-refractivity contribution in [3.8, 4) is 0 Å². The fraction of sp³-hybridized carbons (Fsp3) is 0.400. The Labute approximate surface area is 182 Å². The molecule has 2 N–H and O–H groups in total. The Hall–Kier alpha value is -2.60. The zero-order valence-electron chi connectivity index (χ0n) is 17.8. The highest BCUT2D eigenvalue weighted by Crippen LogP contribution is 2.21. The lowest BCUT2D eigenvalue weighted by atomic mass is 10.1. The summed E-state index contributed by atoms with van der Waals surface area (Å²) in [6.07, 6.45) is 1.53. The molecule has 1 fully saturated rings. The highest BCUT2D eigenvalue weighted by atomic mass is 32.2. The highest BCUT2D eigenvalue weighted by molar-refractivity contribution is 7.86. The predicted octanol–water partition coefficient (Wildman–Crippen LogP) is 2.10. The molecule has 1 aromatic carbocycles. The van der Waals surface area contributed by atoms with Crippen LogP contribution < -0.4 is 10.6 Å². The molecule has 9 nitrogen and oxygen atoms in total. The van der Waals surface area contributed by atoms with E-state index in [1.165, 1.54) is 35.0 Å². The average molecular weight is 451 g/mol. The molecule has 11 heteroatoms. The minimum absolute atomic E-state index is 0.0730. The Bertz CT molecular complexity index is 1020. The molecule has 1 saturated heterocycles. The Balaban J connectivity index is 1.60. The molecular formula is C20H27FN6O3S. The van der Waals surface area contributed by atoms with Crippen LogP contribution in [-0.2, 0) is 16.8 Å². The van der Waals surface area contributed by atoms with Gasteiger partial charge in [0, 0.05) is 58.1 Å². The number of carbonyl (C=O) groups excluding carboxylic acids is 1. The second-order valence-corrected chi connectivity index (χ2v) is 9.65. The maximum atomic E-state index is 15.0. The predicted molar refractivity (Wildman–Crippen MR) is 117 cm³/mol. The number of aryl methyl sites for hydroxylation is 1. The first-order chi connectivity index (χ1) is 14.7. The number of halogens is 1. The fourth-order valence-corrected chi connectivity index (χ4v) is 4.30. The van der Waals surface area contributed by atoms with Gasteiger partial charge in [0.05, 0.1) is 17.6 Å². The summed E-state index contributed by atoms with van der Waals surface area (Å²) in [7, 11) is -0.444. The molecule has 1 aliphatic heterocycles. The summed E-state index contributed by atoms with van der Waals surface area (Å²) in [6.45, 7) is 3.82. The first kappa shape index (κ1) is 23.1. The standard InChI is InChI=1S/C20H27FN6O3S/c1-15-7-8-17(13-22-15)23-20(28)24-18-6-4-5-16(19(18)21)14-26-9-11-27(12-10-26)31(29,30)25(2)3/h4-8,13H,9-12,14H2,1-3H3,(H2,23,24,28). The molecule has 0 unspecified atom stereocenters. The number of aromatic nitrogens is 1. The van der Waals surface area contributed by atoms with Crippen molar-refractivity contribution >= 4 is 27.6 Å². The number of amides is 2. The zero-order valence-corrected chi connectivity index (χ0v) is 18.6. The molecule has 31 heavy (non-hydrogen) atoms. The van der Waals surface area contributed by atoms with E-state index in [2.05, 4.69) is 15.6 Å². The third-order valence-corrected chi connectivity index (χ3v) is 6.95. The van der Waals surface area contributed by atoms with Crippen LogP contribution in [0.5, 0.6) is 0 Å². The molecule has 0 radical (unpaired) electrons. The first-order valence-electron chi connectivity index (χ1n) is 9.85. The monoisotopic (exact) mass is 450 g/mol. The minimum atomic E-state index is -3.45. The number of hydrogen-bond acceptors (Lipinski definition) is 5. The minimum Gasteiger partial charge on any atom is -0.306 e. The number of piperazine rings is 1. The number of pyridine rings is 1. The van der Waals surface area contributed by atoms with Gasteiger partial charge in [-0.1, -0.05) is 12.1 Å². The van der Waals surface area contributed by atoms with Crippen LogP contribution in [0.4, 0.5) is 20.6 Å². The van der Waals surface area contributed by atoms with Crippen LogP contribution in [0.1, 0.15) is 11.3 Å². The number of benzene rings is 1. The third-order valence-electron chi connectivity index (χ3n) is 5.01. The van der Waals surface area contributed by atoms with Gasteiger partial charge in [-0.25, -0.2) is 9.18 Å². The van der Waals surface area contributed by atoms with E-state index in [-0.39, 0.29) is 5.69 Å². The molecule has 0 atom stereocenters. The lowest BCUT2D eigenvalue weighted by Crippen LogP contribution is -2.51. The van der Waals surface area contributed by atoms with E-state index in [9.17, 15) is 17.6 Å². The molecule has 2 amide bonds. The number of carbonyl (C=O) groups is 1. The van der Waals surface area contributed by atoms with Crippen molar-refractivity contribution in [1.29, 1.82) is 0 Å². The molecular weight excluding hydrogens is 423 g/mol. The summed E-state index contributed by atoms with van der Waals surface area (Å²) < 4.78 is 42.0. The number of hydrogen-bond donors (Lipinski definition) is 2. The Morgan fingerprint density at radius 3 is 2.45 bits per heavy atom. The highest BCUT2D eigenvalue weighted by Gasteiger charge is 2.28. The molecule has 2 heterocycles. The van der Waals surface area contributed by atoms with Gasteiger partial charge >= 0.3 is 6.03 Å². The summed E-state index contributed by atoms with van der Waals surface area (Å²) in [5.74, 6) is -0.511. The number of urea groups is 1. The molecule has 0 saturated carbocycles. The molecule has 0 bridgehead atoms. The lowest BCUT2D eigenvalue weighted by Gasteiger charge is -2.35. The van der Waals surface area contributed by atoms with Crippen LogP contribution in [0.25, 0.3) is 0 Å². The van der Waals surface area contributed by atoms with Crippen LogP contribution in [0.2, 0.25) is 0 Å². The summed E-state index contributed by atoms with van der Waals surface area (Å²) in [5, 5.41) is 5.14. The van der Waals surface area contributed by atoms with Gasteiger partial charge in [-0.05, 0) is 25.1 Å². The van der Waals surface area contributed by atoms with Crippen LogP contribution in [0.15, 0.2) is 36.5 Å². The molecule has 168 valence electrons. The van der Waals surface area contributed by atoms with Gasteiger partial charge in [0.2, 0.25) is 0 Å². The van der Waals surface area contributed by atoms with Crippen molar-refractivity contribution in [1.82, 2.24) is 18.5 Å².